The fourth-order valence-corrected chi connectivity index (χ4v) is 0.393. The first-order valence-corrected chi connectivity index (χ1v) is 2.22. The number of hydrogen-bond donors (Lipinski definition) is 0. The predicted molar refractivity (Wildman–Crippen MR) is 23.1 cm³/mol. The molecule has 0 aliphatic heterocycles. The van der Waals surface area contributed by atoms with Gasteiger partial charge < -0.3 is 5.21 Å². The summed E-state index contributed by atoms with van der Waals surface area (Å²) < 4.78 is 35.2. The van der Waals surface area contributed by atoms with Gasteiger partial charge in [0.2, 0.25) is 5.82 Å². The van der Waals surface area contributed by atoms with Crippen molar-refractivity contribution in [3.8, 4) is 0 Å². The van der Waals surface area contributed by atoms with Gasteiger partial charge in [0.05, 0.1) is 0 Å². The number of halogens is 3. The molecule has 1 aromatic rings. The first-order valence-electron chi connectivity index (χ1n) is 2.22. The predicted octanol–water partition coefficient (Wildman–Crippen LogP) is 0.132. The molecule has 0 unspecified atom stereocenters. The highest BCUT2D eigenvalue weighted by Gasteiger charge is 2.15. The minimum Gasteiger partial charge on any atom is -0.709 e. The van der Waals surface area contributed by atoms with E-state index < -0.39 is 22.6 Å². The first-order chi connectivity index (χ1) is 4.61. The Morgan fingerprint density at radius 2 is 2.00 bits per heavy atom. The molecule has 0 fully saturated rings. The minimum absolute atomic E-state index is 0.123. The minimum atomic E-state index is -1.62. The van der Waals surface area contributed by atoms with E-state index in [1.807, 2.05) is 0 Å². The molecule has 0 radical (unpaired) electrons. The molecule has 10 heavy (non-hydrogen) atoms. The van der Waals surface area contributed by atoms with E-state index in [1.165, 1.54) is 0 Å². The second kappa shape index (κ2) is 2.13. The van der Waals surface area contributed by atoms with Crippen molar-refractivity contribution in [2.45, 2.75) is 0 Å². The molecule has 54 valence electrons. The van der Waals surface area contributed by atoms with Crippen molar-refractivity contribution >= 4 is 0 Å². The molecule has 0 aliphatic rings. The van der Waals surface area contributed by atoms with Gasteiger partial charge in [-0.1, -0.05) is 0 Å². The number of nitrogens with zero attached hydrogens (tertiary/aromatic N) is 2. The third kappa shape index (κ3) is 0.996. The number of aromatic nitrogens is 2. The molecule has 0 spiro atoms. The van der Waals surface area contributed by atoms with Crippen molar-refractivity contribution in [1.82, 2.24) is 4.98 Å². The Balaban J connectivity index is 3.28. The van der Waals surface area contributed by atoms with Crippen LogP contribution in [0.15, 0.2) is 6.20 Å². The van der Waals surface area contributed by atoms with Crippen molar-refractivity contribution < 1.29 is 17.9 Å². The fourth-order valence-electron chi connectivity index (χ4n) is 0.393. The van der Waals surface area contributed by atoms with Crippen LogP contribution >= 0.6 is 0 Å². The summed E-state index contributed by atoms with van der Waals surface area (Å²) in [7, 11) is 0. The second-order valence-corrected chi connectivity index (χ2v) is 1.47. The highest BCUT2D eigenvalue weighted by molar-refractivity contribution is 4.81. The van der Waals surface area contributed by atoms with E-state index in [0.717, 1.165) is 0 Å². The van der Waals surface area contributed by atoms with Crippen molar-refractivity contribution in [3.63, 3.8) is 0 Å². The summed E-state index contributed by atoms with van der Waals surface area (Å²) in [6, 6.07) is 0. The van der Waals surface area contributed by atoms with Crippen molar-refractivity contribution in [2.24, 2.45) is 0 Å². The molecule has 0 bridgehead atoms. The number of rotatable bonds is 0. The Bertz CT molecular complexity index is 215. The molecule has 1 rings (SSSR count). The average molecular weight is 150 g/mol. The topological polar surface area (TPSA) is 39.8 Å². The molecule has 0 N–H and O–H groups in total. The largest absolute Gasteiger partial charge is 0.709 e. The van der Waals surface area contributed by atoms with Gasteiger partial charge in [-0.15, -0.1) is 4.39 Å². The summed E-state index contributed by atoms with van der Waals surface area (Å²) in [6.45, 7) is 0. The molecule has 3 nitrogen and oxygen atoms in total. The standard InChI is InChI=1S/C4HF3N2O/c5-2-1-9(10)4(7)8-3(2)6/h1H. The van der Waals surface area contributed by atoms with Gasteiger partial charge in [-0.2, -0.15) is 8.78 Å². The lowest BCUT2D eigenvalue weighted by Gasteiger charge is -1.97. The van der Waals surface area contributed by atoms with E-state index in [9.17, 15) is 18.4 Å². The quantitative estimate of drug-likeness (QED) is 0.228. The first kappa shape index (κ1) is 6.79. The van der Waals surface area contributed by atoms with Gasteiger partial charge in [0.25, 0.3) is 0 Å². The van der Waals surface area contributed by atoms with Crippen molar-refractivity contribution in [3.05, 3.63) is 29.2 Å². The molecular formula is C4HF3N2O. The van der Waals surface area contributed by atoms with Gasteiger partial charge in [0, 0.05) is 4.98 Å². The van der Waals surface area contributed by atoms with Crippen LogP contribution in [-0.2, 0) is 0 Å². The van der Waals surface area contributed by atoms with E-state index in [-0.39, 0.29) is 6.20 Å². The second-order valence-electron chi connectivity index (χ2n) is 1.47. The Hall–Kier alpha value is -1.33. The molecule has 6 heteroatoms. The molecule has 0 atom stereocenters. The third-order valence-corrected chi connectivity index (χ3v) is 0.800. The summed E-state index contributed by atoms with van der Waals surface area (Å²) in [5.41, 5.74) is 0. The molecule has 1 heterocycles. The smallest absolute Gasteiger partial charge is 0.494 e. The molecular weight excluding hydrogens is 149 g/mol. The lowest BCUT2D eigenvalue weighted by Crippen LogP contribution is -2.33. The maximum atomic E-state index is 11.9. The van der Waals surface area contributed by atoms with Gasteiger partial charge >= 0.3 is 12.0 Å². The van der Waals surface area contributed by atoms with E-state index in [2.05, 4.69) is 4.98 Å². The molecule has 0 aromatic carbocycles. The van der Waals surface area contributed by atoms with E-state index in [0.29, 0.717) is 0 Å². The van der Waals surface area contributed by atoms with Gasteiger partial charge in [0.15, 0.2) is 0 Å². The SMILES string of the molecule is [O-][n+]1cc(F)c(F)nc1F. The van der Waals surface area contributed by atoms with Crippen molar-refractivity contribution in [2.75, 3.05) is 0 Å². The van der Waals surface area contributed by atoms with Crippen LogP contribution in [0.4, 0.5) is 13.2 Å². The third-order valence-electron chi connectivity index (χ3n) is 0.800. The molecule has 1 aromatic heterocycles. The molecule has 0 saturated carbocycles. The zero-order valence-corrected chi connectivity index (χ0v) is 4.51. The van der Waals surface area contributed by atoms with Crippen LogP contribution in [0, 0.1) is 23.1 Å². The van der Waals surface area contributed by atoms with Crippen LogP contribution in [0.25, 0.3) is 0 Å². The summed E-state index contributed by atoms with van der Waals surface area (Å²) in [5.74, 6) is -3.10. The van der Waals surface area contributed by atoms with Crippen LogP contribution in [0.3, 0.4) is 0 Å². The van der Waals surface area contributed by atoms with Gasteiger partial charge in [0.1, 0.15) is 6.20 Å². The lowest BCUT2D eigenvalue weighted by molar-refractivity contribution is -0.644. The van der Waals surface area contributed by atoms with Crippen molar-refractivity contribution in [1.29, 1.82) is 0 Å². The Morgan fingerprint density at radius 1 is 1.40 bits per heavy atom. The maximum absolute atomic E-state index is 11.9. The monoisotopic (exact) mass is 150 g/mol. The maximum Gasteiger partial charge on any atom is 0.494 e. The van der Waals surface area contributed by atoms with Crippen LogP contribution < -0.4 is 4.73 Å². The lowest BCUT2D eigenvalue weighted by atomic mass is 10.6. The average Bonchev–Trinajstić information content (AvgIpc) is 1.84. The summed E-state index contributed by atoms with van der Waals surface area (Å²) in [4.78, 5) is 2.31. The summed E-state index contributed by atoms with van der Waals surface area (Å²) in [6.07, 6.45) is -1.49. The van der Waals surface area contributed by atoms with E-state index in [4.69, 9.17) is 0 Å². The van der Waals surface area contributed by atoms with Gasteiger partial charge in [-0.3, -0.25) is 0 Å². The summed E-state index contributed by atoms with van der Waals surface area (Å²) >= 11 is 0. The Morgan fingerprint density at radius 3 is 2.50 bits per heavy atom. The van der Waals surface area contributed by atoms with Crippen LogP contribution in [-0.4, -0.2) is 4.98 Å². The van der Waals surface area contributed by atoms with Crippen LogP contribution in [0.2, 0.25) is 0 Å². The Labute approximate surface area is 53.3 Å². The fraction of sp³-hybridized carbons (Fsp3) is 0. The molecule has 0 amide bonds. The van der Waals surface area contributed by atoms with Gasteiger partial charge in [-0.25, -0.2) is 4.73 Å². The van der Waals surface area contributed by atoms with Gasteiger partial charge in [-0.05, 0) is 0 Å². The normalized spacial score (nSPS) is 9.90. The number of hydrogen-bond acceptors (Lipinski definition) is 2. The highest BCUT2D eigenvalue weighted by Crippen LogP contribution is 1.96. The van der Waals surface area contributed by atoms with E-state index in [1.54, 1.807) is 0 Å². The summed E-state index contributed by atoms with van der Waals surface area (Å²) in [5, 5.41) is 10.1. The molecule has 0 aliphatic carbocycles. The Kier molecular flexibility index (Phi) is 1.44. The van der Waals surface area contributed by atoms with E-state index >= 15 is 0 Å². The highest BCUT2D eigenvalue weighted by atomic mass is 19.2. The van der Waals surface area contributed by atoms with Crippen LogP contribution in [0.1, 0.15) is 0 Å². The molecule has 0 saturated heterocycles. The van der Waals surface area contributed by atoms with Crippen LogP contribution in [0.5, 0.6) is 0 Å². The zero-order chi connectivity index (χ0) is 7.72. The zero-order valence-electron chi connectivity index (χ0n) is 4.51.